The van der Waals surface area contributed by atoms with Gasteiger partial charge in [0.05, 0.1) is 0 Å². The predicted molar refractivity (Wildman–Crippen MR) is 46.8 cm³/mol. The second-order valence-corrected chi connectivity index (χ2v) is 2.38. The topological polar surface area (TPSA) is 0 Å². The summed E-state index contributed by atoms with van der Waals surface area (Å²) in [6.45, 7) is 6.25. The fraction of sp³-hybridized carbons (Fsp3) is 0.600. The van der Waals surface area contributed by atoms with Crippen LogP contribution in [-0.4, -0.2) is 0 Å². The number of allylic oxidation sites excluding steroid dienone is 4. The minimum atomic E-state index is 1.08. The Balaban J connectivity index is 3.62. The third kappa shape index (κ3) is 4.37. The first-order valence-electron chi connectivity index (χ1n) is 3.98. The molecule has 0 saturated carbocycles. The molecule has 0 nitrogen and oxygen atoms in total. The van der Waals surface area contributed by atoms with E-state index in [4.69, 9.17) is 0 Å². The maximum atomic E-state index is 3.20. The molecule has 0 aromatic rings. The summed E-state index contributed by atoms with van der Waals surface area (Å²) in [6.07, 6.45) is 11.0. The van der Waals surface area contributed by atoms with Gasteiger partial charge in [-0.05, 0) is 32.8 Å². The third-order valence-electron chi connectivity index (χ3n) is 1.51. The smallest absolute Gasteiger partial charge is 0.0133 e. The van der Waals surface area contributed by atoms with Crippen molar-refractivity contribution in [3.8, 4) is 0 Å². The molecule has 0 unspecified atom stereocenters. The molecule has 1 radical (unpaired) electrons. The average Bonchev–Trinajstić information content (AvgIpc) is 1.98. The summed E-state index contributed by atoms with van der Waals surface area (Å²) in [5.41, 5.74) is 1.43. The van der Waals surface area contributed by atoms with E-state index in [1.165, 1.54) is 18.4 Å². The van der Waals surface area contributed by atoms with E-state index in [2.05, 4.69) is 32.1 Å². The molecule has 0 aliphatic rings. The maximum Gasteiger partial charge on any atom is -0.0133 e. The lowest BCUT2D eigenvalue weighted by Crippen LogP contribution is -1.79. The number of hydrogen-bond donors (Lipinski definition) is 0. The van der Waals surface area contributed by atoms with E-state index in [1.54, 1.807) is 0 Å². The minimum absolute atomic E-state index is 1.08. The van der Waals surface area contributed by atoms with Crippen molar-refractivity contribution in [3.05, 3.63) is 23.8 Å². The first-order valence-corrected chi connectivity index (χ1v) is 3.98. The quantitative estimate of drug-likeness (QED) is 0.520. The Morgan fingerprint density at radius 3 is 2.60 bits per heavy atom. The highest BCUT2D eigenvalue weighted by Gasteiger charge is 1.89. The SMILES string of the molecule is C[C]=C(CC=CC)CCC. The monoisotopic (exact) mass is 137 g/mol. The fourth-order valence-electron chi connectivity index (χ4n) is 0.891. The van der Waals surface area contributed by atoms with E-state index in [1.807, 2.05) is 6.92 Å². The molecule has 0 aromatic heterocycles. The van der Waals surface area contributed by atoms with E-state index in [9.17, 15) is 0 Å². The van der Waals surface area contributed by atoms with Gasteiger partial charge < -0.3 is 0 Å². The number of hydrogen-bond acceptors (Lipinski definition) is 0. The summed E-state index contributed by atoms with van der Waals surface area (Å²) in [5.74, 6) is 0. The molecule has 0 aliphatic carbocycles. The lowest BCUT2D eigenvalue weighted by Gasteiger charge is -1.98. The largest absolute Gasteiger partial charge is 0.0913 e. The summed E-state index contributed by atoms with van der Waals surface area (Å²) < 4.78 is 0. The Bertz CT molecular complexity index is 118. The van der Waals surface area contributed by atoms with Gasteiger partial charge in [0.25, 0.3) is 0 Å². The molecule has 0 bridgehead atoms. The minimum Gasteiger partial charge on any atom is -0.0913 e. The summed E-state index contributed by atoms with van der Waals surface area (Å²) >= 11 is 0. The van der Waals surface area contributed by atoms with Crippen LogP contribution in [0.3, 0.4) is 0 Å². The lowest BCUT2D eigenvalue weighted by molar-refractivity contribution is 0.872. The highest BCUT2D eigenvalue weighted by atomic mass is 14.0. The molecule has 0 saturated heterocycles. The van der Waals surface area contributed by atoms with Crippen molar-refractivity contribution >= 4 is 0 Å². The Morgan fingerprint density at radius 2 is 2.20 bits per heavy atom. The first-order chi connectivity index (χ1) is 4.85. The highest BCUT2D eigenvalue weighted by Crippen LogP contribution is 2.08. The van der Waals surface area contributed by atoms with Gasteiger partial charge in [0.1, 0.15) is 0 Å². The van der Waals surface area contributed by atoms with Crippen molar-refractivity contribution in [2.24, 2.45) is 0 Å². The van der Waals surface area contributed by atoms with Gasteiger partial charge in [0.15, 0.2) is 0 Å². The Labute approximate surface area is 64.6 Å². The van der Waals surface area contributed by atoms with Crippen LogP contribution in [0.25, 0.3) is 0 Å². The average molecular weight is 137 g/mol. The first kappa shape index (κ1) is 9.48. The van der Waals surface area contributed by atoms with E-state index in [0.717, 1.165) is 6.42 Å². The normalized spacial score (nSPS) is 12.9. The Kier molecular flexibility index (Phi) is 6.25. The zero-order valence-electron chi connectivity index (χ0n) is 7.28. The van der Waals surface area contributed by atoms with Gasteiger partial charge in [-0.2, -0.15) is 0 Å². The second kappa shape index (κ2) is 6.60. The molecule has 0 heterocycles. The van der Waals surface area contributed by atoms with Crippen molar-refractivity contribution in [3.63, 3.8) is 0 Å². The molecule has 10 heavy (non-hydrogen) atoms. The molecule has 0 heteroatoms. The molecular formula is C10H17. The number of rotatable bonds is 4. The maximum absolute atomic E-state index is 3.20. The van der Waals surface area contributed by atoms with Gasteiger partial charge in [0.2, 0.25) is 0 Å². The van der Waals surface area contributed by atoms with Crippen LogP contribution in [0.4, 0.5) is 0 Å². The highest BCUT2D eigenvalue weighted by molar-refractivity contribution is 5.02. The van der Waals surface area contributed by atoms with Crippen LogP contribution in [-0.2, 0) is 0 Å². The van der Waals surface area contributed by atoms with E-state index < -0.39 is 0 Å². The summed E-state index contributed by atoms with van der Waals surface area (Å²) in [5, 5.41) is 0. The zero-order chi connectivity index (χ0) is 7.82. The molecule has 0 fully saturated rings. The molecule has 0 spiro atoms. The lowest BCUT2D eigenvalue weighted by atomic mass is 10.1. The van der Waals surface area contributed by atoms with Crippen LogP contribution in [0.15, 0.2) is 17.7 Å². The van der Waals surface area contributed by atoms with Crippen LogP contribution in [0.1, 0.15) is 40.0 Å². The molecule has 0 amide bonds. The molecule has 0 aromatic carbocycles. The van der Waals surface area contributed by atoms with Gasteiger partial charge in [-0.1, -0.05) is 31.1 Å². The molecule has 0 atom stereocenters. The second-order valence-electron chi connectivity index (χ2n) is 2.38. The van der Waals surface area contributed by atoms with E-state index >= 15 is 0 Å². The summed E-state index contributed by atoms with van der Waals surface area (Å²) in [6, 6.07) is 0. The fourth-order valence-corrected chi connectivity index (χ4v) is 0.891. The summed E-state index contributed by atoms with van der Waals surface area (Å²) in [7, 11) is 0. The third-order valence-corrected chi connectivity index (χ3v) is 1.51. The van der Waals surface area contributed by atoms with Gasteiger partial charge in [-0.3, -0.25) is 0 Å². The van der Waals surface area contributed by atoms with Gasteiger partial charge in [-0.25, -0.2) is 0 Å². The van der Waals surface area contributed by atoms with Crippen LogP contribution in [0, 0.1) is 6.08 Å². The van der Waals surface area contributed by atoms with Crippen LogP contribution in [0.2, 0.25) is 0 Å². The van der Waals surface area contributed by atoms with Crippen molar-refractivity contribution in [1.82, 2.24) is 0 Å². The van der Waals surface area contributed by atoms with Crippen LogP contribution < -0.4 is 0 Å². The van der Waals surface area contributed by atoms with Crippen molar-refractivity contribution in [1.29, 1.82) is 0 Å². The summed E-state index contributed by atoms with van der Waals surface area (Å²) in [4.78, 5) is 0. The van der Waals surface area contributed by atoms with E-state index in [0.29, 0.717) is 0 Å². The molecule has 0 rings (SSSR count). The predicted octanol–water partition coefficient (Wildman–Crippen LogP) is 3.50. The zero-order valence-corrected chi connectivity index (χ0v) is 7.28. The van der Waals surface area contributed by atoms with Crippen LogP contribution in [0.5, 0.6) is 0 Å². The standard InChI is InChI=1S/C10H17/c1-4-7-9-10(6-3)8-5-2/h4,7H,5,8-9H2,1-3H3. The molecule has 0 aliphatic heterocycles. The molecule has 0 N–H and O–H groups in total. The van der Waals surface area contributed by atoms with E-state index in [-0.39, 0.29) is 0 Å². The Morgan fingerprint density at radius 1 is 1.50 bits per heavy atom. The Hall–Kier alpha value is -0.520. The molecular weight excluding hydrogens is 120 g/mol. The van der Waals surface area contributed by atoms with Gasteiger partial charge in [0, 0.05) is 0 Å². The molecule has 57 valence electrons. The van der Waals surface area contributed by atoms with Gasteiger partial charge >= 0.3 is 0 Å². The van der Waals surface area contributed by atoms with Crippen LogP contribution >= 0.6 is 0 Å². The van der Waals surface area contributed by atoms with Crippen molar-refractivity contribution < 1.29 is 0 Å². The van der Waals surface area contributed by atoms with Crippen molar-refractivity contribution in [2.45, 2.75) is 40.0 Å². The van der Waals surface area contributed by atoms with Gasteiger partial charge in [-0.15, -0.1) is 0 Å². The van der Waals surface area contributed by atoms with Crippen molar-refractivity contribution in [2.75, 3.05) is 0 Å².